The van der Waals surface area contributed by atoms with Crippen LogP contribution >= 0.6 is 0 Å². The third-order valence-electron chi connectivity index (χ3n) is 3.91. The Morgan fingerprint density at radius 1 is 1.30 bits per heavy atom. The van der Waals surface area contributed by atoms with Crippen molar-refractivity contribution in [1.29, 1.82) is 0 Å². The lowest BCUT2D eigenvalue weighted by Gasteiger charge is -2.30. The topological polar surface area (TPSA) is 105 Å². The van der Waals surface area contributed by atoms with E-state index in [1.807, 2.05) is 0 Å². The zero-order chi connectivity index (χ0) is 14.6. The third kappa shape index (κ3) is 3.68. The van der Waals surface area contributed by atoms with Crippen LogP contribution in [-0.4, -0.2) is 31.7 Å². The third-order valence-corrected chi connectivity index (χ3v) is 5.31. The minimum absolute atomic E-state index is 0.114. The lowest BCUT2D eigenvalue weighted by atomic mass is 9.80. The van der Waals surface area contributed by atoms with Gasteiger partial charge in [-0.15, -0.1) is 0 Å². The van der Waals surface area contributed by atoms with E-state index in [2.05, 4.69) is 9.71 Å². The van der Waals surface area contributed by atoms with Crippen molar-refractivity contribution in [2.75, 3.05) is 18.9 Å². The van der Waals surface area contributed by atoms with E-state index in [1.165, 1.54) is 18.3 Å². The van der Waals surface area contributed by atoms with Gasteiger partial charge in [-0.1, -0.05) is 12.8 Å². The number of aliphatic hydroxyl groups excluding tert-OH is 1. The smallest absolute Gasteiger partial charge is 0.242 e. The lowest BCUT2D eigenvalue weighted by molar-refractivity contribution is 0.136. The summed E-state index contributed by atoms with van der Waals surface area (Å²) in [5, 5.41) is 9.34. The van der Waals surface area contributed by atoms with Crippen LogP contribution in [0.1, 0.15) is 25.7 Å². The molecule has 1 saturated carbocycles. The molecule has 112 valence electrons. The molecule has 20 heavy (non-hydrogen) atoms. The first-order valence-electron chi connectivity index (χ1n) is 6.85. The zero-order valence-electron chi connectivity index (χ0n) is 11.3. The number of rotatable bonds is 5. The van der Waals surface area contributed by atoms with Crippen LogP contribution in [0.2, 0.25) is 0 Å². The van der Waals surface area contributed by atoms with Crippen molar-refractivity contribution in [2.24, 2.45) is 11.8 Å². The van der Waals surface area contributed by atoms with E-state index in [0.29, 0.717) is 6.54 Å². The number of sulfonamides is 1. The summed E-state index contributed by atoms with van der Waals surface area (Å²) in [6.07, 6.45) is 5.37. The number of hydrogen-bond acceptors (Lipinski definition) is 5. The molecule has 0 aromatic carbocycles. The van der Waals surface area contributed by atoms with Gasteiger partial charge in [0.1, 0.15) is 10.7 Å². The van der Waals surface area contributed by atoms with Crippen molar-refractivity contribution in [2.45, 2.75) is 30.6 Å². The molecule has 1 aromatic rings. The Balaban J connectivity index is 1.99. The molecule has 1 heterocycles. The molecule has 2 rings (SSSR count). The predicted molar refractivity (Wildman–Crippen MR) is 76.4 cm³/mol. The summed E-state index contributed by atoms with van der Waals surface area (Å²) in [4.78, 5) is 3.90. The van der Waals surface area contributed by atoms with Gasteiger partial charge in [0, 0.05) is 19.3 Å². The first-order valence-corrected chi connectivity index (χ1v) is 8.33. The highest BCUT2D eigenvalue weighted by Gasteiger charge is 2.26. The van der Waals surface area contributed by atoms with E-state index in [9.17, 15) is 13.5 Å². The van der Waals surface area contributed by atoms with Crippen molar-refractivity contribution < 1.29 is 13.5 Å². The number of hydrogen-bond donors (Lipinski definition) is 3. The van der Waals surface area contributed by atoms with Gasteiger partial charge in [0.05, 0.1) is 0 Å². The summed E-state index contributed by atoms with van der Waals surface area (Å²) in [5.74, 6) is 0.679. The molecule has 1 fully saturated rings. The number of aliphatic hydroxyl groups is 1. The Bertz CT molecular complexity index is 530. The fraction of sp³-hybridized carbons (Fsp3) is 0.615. The minimum Gasteiger partial charge on any atom is -0.396 e. The van der Waals surface area contributed by atoms with Gasteiger partial charge in [-0.05, 0) is 36.8 Å². The van der Waals surface area contributed by atoms with E-state index in [1.54, 1.807) is 0 Å². The maximum atomic E-state index is 12.1. The second kappa shape index (κ2) is 6.51. The first kappa shape index (κ1) is 15.2. The Labute approximate surface area is 119 Å². The van der Waals surface area contributed by atoms with Gasteiger partial charge in [0.15, 0.2) is 0 Å². The summed E-state index contributed by atoms with van der Waals surface area (Å²) in [6, 6.07) is 2.90. The molecular formula is C13H21N3O3S. The zero-order valence-corrected chi connectivity index (χ0v) is 12.1. The fourth-order valence-electron chi connectivity index (χ4n) is 2.64. The Kier molecular flexibility index (Phi) is 4.95. The van der Waals surface area contributed by atoms with Gasteiger partial charge in [-0.25, -0.2) is 18.1 Å². The number of aromatic nitrogens is 1. The van der Waals surface area contributed by atoms with E-state index < -0.39 is 10.0 Å². The van der Waals surface area contributed by atoms with Crippen molar-refractivity contribution >= 4 is 15.8 Å². The number of nitrogen functional groups attached to an aromatic ring is 1. The molecule has 0 aliphatic heterocycles. The van der Waals surface area contributed by atoms with Gasteiger partial charge in [0.25, 0.3) is 0 Å². The maximum absolute atomic E-state index is 12.1. The molecule has 1 aliphatic rings. The molecular weight excluding hydrogens is 278 g/mol. The molecule has 6 nitrogen and oxygen atoms in total. The van der Waals surface area contributed by atoms with E-state index >= 15 is 0 Å². The highest BCUT2D eigenvalue weighted by molar-refractivity contribution is 7.89. The van der Waals surface area contributed by atoms with Gasteiger partial charge in [-0.3, -0.25) is 0 Å². The van der Waals surface area contributed by atoms with Crippen molar-refractivity contribution in [1.82, 2.24) is 9.71 Å². The second-order valence-electron chi connectivity index (χ2n) is 5.26. The van der Waals surface area contributed by atoms with Gasteiger partial charge in [0.2, 0.25) is 10.0 Å². The van der Waals surface area contributed by atoms with Crippen LogP contribution in [0, 0.1) is 11.8 Å². The quantitative estimate of drug-likeness (QED) is 0.743. The number of nitrogens with two attached hydrogens (primary N) is 1. The first-order chi connectivity index (χ1) is 9.53. The molecule has 7 heteroatoms. The predicted octanol–water partition coefficient (Wildman–Crippen LogP) is 0.741. The highest BCUT2D eigenvalue weighted by atomic mass is 32.2. The minimum atomic E-state index is -3.56. The summed E-state index contributed by atoms with van der Waals surface area (Å²) in [7, 11) is -3.56. The van der Waals surface area contributed by atoms with Crippen LogP contribution in [0.5, 0.6) is 0 Å². The fourth-order valence-corrected chi connectivity index (χ4v) is 3.68. The van der Waals surface area contributed by atoms with E-state index in [4.69, 9.17) is 5.73 Å². The Morgan fingerprint density at radius 2 is 2.00 bits per heavy atom. The summed E-state index contributed by atoms with van der Waals surface area (Å²) >= 11 is 0. The van der Waals surface area contributed by atoms with Crippen LogP contribution in [-0.2, 0) is 10.0 Å². The standard InChI is InChI=1S/C13H21N3O3S/c14-13-6-5-12(8-15-13)20(18,19)16-7-10-3-1-2-4-11(10)9-17/h5-6,8,10-11,16-17H,1-4,7,9H2,(H2,14,15). The second-order valence-corrected chi connectivity index (χ2v) is 7.02. The largest absolute Gasteiger partial charge is 0.396 e. The molecule has 0 bridgehead atoms. The van der Waals surface area contributed by atoms with Gasteiger partial charge in [-0.2, -0.15) is 0 Å². The number of nitrogens with one attached hydrogen (secondary N) is 1. The monoisotopic (exact) mass is 299 g/mol. The van der Waals surface area contributed by atoms with Crippen LogP contribution in [0.4, 0.5) is 5.82 Å². The molecule has 0 radical (unpaired) electrons. The molecule has 2 unspecified atom stereocenters. The lowest BCUT2D eigenvalue weighted by Crippen LogP contribution is -2.35. The van der Waals surface area contributed by atoms with Crippen molar-refractivity contribution in [3.8, 4) is 0 Å². The molecule has 0 spiro atoms. The normalized spacial score (nSPS) is 23.6. The average molecular weight is 299 g/mol. The van der Waals surface area contributed by atoms with Crippen LogP contribution in [0.3, 0.4) is 0 Å². The van der Waals surface area contributed by atoms with E-state index in [0.717, 1.165) is 25.7 Å². The van der Waals surface area contributed by atoms with Crippen molar-refractivity contribution in [3.63, 3.8) is 0 Å². The SMILES string of the molecule is Nc1ccc(S(=O)(=O)NCC2CCCCC2CO)cn1. The summed E-state index contributed by atoms with van der Waals surface area (Å²) in [5.41, 5.74) is 5.44. The number of nitrogens with zero attached hydrogens (tertiary/aromatic N) is 1. The molecule has 1 aromatic heterocycles. The molecule has 0 saturated heterocycles. The molecule has 1 aliphatic carbocycles. The Morgan fingerprint density at radius 3 is 2.60 bits per heavy atom. The van der Waals surface area contributed by atoms with Gasteiger partial charge >= 0.3 is 0 Å². The van der Waals surface area contributed by atoms with Crippen LogP contribution < -0.4 is 10.5 Å². The average Bonchev–Trinajstić information content (AvgIpc) is 2.46. The molecule has 0 amide bonds. The van der Waals surface area contributed by atoms with Gasteiger partial charge < -0.3 is 10.8 Å². The van der Waals surface area contributed by atoms with Crippen LogP contribution in [0.25, 0.3) is 0 Å². The van der Waals surface area contributed by atoms with Crippen LogP contribution in [0.15, 0.2) is 23.2 Å². The maximum Gasteiger partial charge on any atom is 0.242 e. The number of anilines is 1. The summed E-state index contributed by atoms with van der Waals surface area (Å²) < 4.78 is 26.9. The highest BCUT2D eigenvalue weighted by Crippen LogP contribution is 2.29. The summed E-state index contributed by atoms with van der Waals surface area (Å²) in [6.45, 7) is 0.480. The molecule has 4 N–H and O–H groups in total. The Hall–Kier alpha value is -1.18. The van der Waals surface area contributed by atoms with E-state index in [-0.39, 0.29) is 29.2 Å². The number of pyridine rings is 1. The van der Waals surface area contributed by atoms with Crippen molar-refractivity contribution in [3.05, 3.63) is 18.3 Å². The molecule has 2 atom stereocenters.